The molecule has 1 fully saturated rings. The molecule has 0 bridgehead atoms. The lowest BCUT2D eigenvalue weighted by Gasteiger charge is -2.25. The second kappa shape index (κ2) is 5.14. The van der Waals surface area contributed by atoms with Crippen LogP contribution < -0.4 is 4.74 Å². The Labute approximate surface area is 124 Å². The zero-order valence-corrected chi connectivity index (χ0v) is 13.3. The fraction of sp³-hybridized carbons (Fsp3) is 0.571. The average molecular weight is 376 g/mol. The van der Waals surface area contributed by atoms with Crippen molar-refractivity contribution < 1.29 is 9.47 Å². The topological polar surface area (TPSA) is 18.5 Å². The first-order valence-electron chi connectivity index (χ1n) is 6.30. The van der Waals surface area contributed by atoms with E-state index in [4.69, 9.17) is 9.47 Å². The Bertz CT molecular complexity index is 453. The van der Waals surface area contributed by atoms with Gasteiger partial charge < -0.3 is 9.47 Å². The highest BCUT2D eigenvalue weighted by atomic mass is 79.9. The van der Waals surface area contributed by atoms with Crippen LogP contribution >= 0.6 is 31.9 Å². The molecule has 1 atom stereocenters. The summed E-state index contributed by atoms with van der Waals surface area (Å²) in [4.78, 5) is 0. The van der Waals surface area contributed by atoms with E-state index in [1.54, 1.807) is 0 Å². The molecule has 2 aliphatic heterocycles. The number of ether oxygens (including phenoxy) is 2. The van der Waals surface area contributed by atoms with Crippen molar-refractivity contribution in [3.63, 3.8) is 0 Å². The van der Waals surface area contributed by atoms with Gasteiger partial charge in [0, 0.05) is 28.2 Å². The minimum Gasteiger partial charge on any atom is -0.493 e. The Kier molecular flexibility index (Phi) is 3.70. The SMILES string of the molecule is BrCC1(Cc2cc(Br)cc3c2OCC3)CCOC1. The summed E-state index contributed by atoms with van der Waals surface area (Å²) in [6.07, 6.45) is 3.18. The van der Waals surface area contributed by atoms with Gasteiger partial charge in [0.15, 0.2) is 0 Å². The van der Waals surface area contributed by atoms with Crippen molar-refractivity contribution in [2.75, 3.05) is 25.2 Å². The number of halogens is 2. The van der Waals surface area contributed by atoms with E-state index in [0.29, 0.717) is 0 Å². The Morgan fingerprint density at radius 1 is 1.28 bits per heavy atom. The van der Waals surface area contributed by atoms with Crippen LogP contribution in [-0.4, -0.2) is 25.2 Å². The minimum atomic E-state index is 0.237. The van der Waals surface area contributed by atoms with Crippen LogP contribution in [-0.2, 0) is 17.6 Å². The van der Waals surface area contributed by atoms with E-state index < -0.39 is 0 Å². The van der Waals surface area contributed by atoms with E-state index in [-0.39, 0.29) is 5.41 Å². The van der Waals surface area contributed by atoms with Crippen LogP contribution in [0.2, 0.25) is 0 Å². The van der Waals surface area contributed by atoms with E-state index in [2.05, 4.69) is 44.0 Å². The molecule has 0 aliphatic carbocycles. The van der Waals surface area contributed by atoms with Gasteiger partial charge in [0.2, 0.25) is 0 Å². The van der Waals surface area contributed by atoms with Crippen molar-refractivity contribution >= 4 is 31.9 Å². The molecule has 0 N–H and O–H groups in total. The molecule has 0 amide bonds. The van der Waals surface area contributed by atoms with Crippen LogP contribution in [0.4, 0.5) is 0 Å². The highest BCUT2D eigenvalue weighted by Crippen LogP contribution is 2.40. The molecule has 3 rings (SSSR count). The van der Waals surface area contributed by atoms with Crippen molar-refractivity contribution in [3.05, 3.63) is 27.7 Å². The summed E-state index contributed by atoms with van der Waals surface area (Å²) in [5.74, 6) is 1.12. The van der Waals surface area contributed by atoms with Gasteiger partial charge in [0.05, 0.1) is 13.2 Å². The Morgan fingerprint density at radius 3 is 2.89 bits per heavy atom. The lowest BCUT2D eigenvalue weighted by molar-refractivity contribution is 0.161. The third kappa shape index (κ3) is 2.35. The average Bonchev–Trinajstić information content (AvgIpc) is 2.98. The lowest BCUT2D eigenvalue weighted by Crippen LogP contribution is -2.26. The first kappa shape index (κ1) is 12.9. The molecule has 2 aliphatic rings. The van der Waals surface area contributed by atoms with Crippen LogP contribution in [0.3, 0.4) is 0 Å². The van der Waals surface area contributed by atoms with Gasteiger partial charge in [-0.1, -0.05) is 31.9 Å². The third-order valence-electron chi connectivity index (χ3n) is 3.86. The van der Waals surface area contributed by atoms with Gasteiger partial charge >= 0.3 is 0 Å². The maximum absolute atomic E-state index is 5.81. The van der Waals surface area contributed by atoms with Gasteiger partial charge in [0.25, 0.3) is 0 Å². The molecule has 2 heterocycles. The van der Waals surface area contributed by atoms with Gasteiger partial charge in [-0.05, 0) is 36.1 Å². The molecule has 0 radical (unpaired) electrons. The highest BCUT2D eigenvalue weighted by molar-refractivity contribution is 9.10. The fourth-order valence-electron chi connectivity index (χ4n) is 2.82. The molecule has 0 saturated carbocycles. The monoisotopic (exact) mass is 374 g/mol. The third-order valence-corrected chi connectivity index (χ3v) is 5.51. The molecule has 1 saturated heterocycles. The highest BCUT2D eigenvalue weighted by Gasteiger charge is 2.35. The van der Waals surface area contributed by atoms with Crippen molar-refractivity contribution in [2.24, 2.45) is 5.41 Å². The van der Waals surface area contributed by atoms with E-state index >= 15 is 0 Å². The summed E-state index contributed by atoms with van der Waals surface area (Å²) >= 11 is 7.26. The van der Waals surface area contributed by atoms with Gasteiger partial charge in [-0.15, -0.1) is 0 Å². The minimum absolute atomic E-state index is 0.237. The number of hydrogen-bond donors (Lipinski definition) is 0. The quantitative estimate of drug-likeness (QED) is 0.749. The number of alkyl halides is 1. The second-order valence-electron chi connectivity index (χ2n) is 5.26. The molecule has 1 aromatic carbocycles. The molecular weight excluding hydrogens is 360 g/mol. The predicted octanol–water partition coefficient (Wildman–Crippen LogP) is 3.73. The number of hydrogen-bond acceptors (Lipinski definition) is 2. The van der Waals surface area contributed by atoms with Crippen LogP contribution in [0.25, 0.3) is 0 Å². The lowest BCUT2D eigenvalue weighted by atomic mass is 9.82. The summed E-state index contributed by atoms with van der Waals surface area (Å²) in [5, 5.41) is 0.987. The summed E-state index contributed by atoms with van der Waals surface area (Å²) in [6.45, 7) is 2.54. The standard InChI is InChI=1S/C14H16Br2O2/c15-8-14(2-4-17-9-14)7-11-6-12(16)5-10-1-3-18-13(10)11/h5-6H,1-4,7-9H2. The molecule has 18 heavy (non-hydrogen) atoms. The maximum Gasteiger partial charge on any atom is 0.125 e. The molecule has 98 valence electrons. The summed E-state index contributed by atoms with van der Waals surface area (Å²) < 4.78 is 12.6. The van der Waals surface area contributed by atoms with E-state index in [1.807, 2.05) is 0 Å². The Hall–Kier alpha value is -0.0600. The summed E-state index contributed by atoms with van der Waals surface area (Å²) in [7, 11) is 0. The Balaban J connectivity index is 1.92. The van der Waals surface area contributed by atoms with Crippen LogP contribution in [0.15, 0.2) is 16.6 Å². The van der Waals surface area contributed by atoms with Crippen LogP contribution in [0.1, 0.15) is 17.5 Å². The van der Waals surface area contributed by atoms with Gasteiger partial charge in [-0.3, -0.25) is 0 Å². The zero-order valence-electron chi connectivity index (χ0n) is 10.2. The zero-order chi connectivity index (χ0) is 12.6. The van der Waals surface area contributed by atoms with Gasteiger partial charge in [-0.25, -0.2) is 0 Å². The molecule has 1 aromatic rings. The molecule has 1 unspecified atom stereocenters. The van der Waals surface area contributed by atoms with E-state index in [1.165, 1.54) is 11.1 Å². The largest absolute Gasteiger partial charge is 0.493 e. The number of fused-ring (bicyclic) bond motifs is 1. The Morgan fingerprint density at radius 2 is 2.17 bits per heavy atom. The normalized spacial score (nSPS) is 26.1. The molecular formula is C14H16Br2O2. The van der Waals surface area contributed by atoms with Gasteiger partial charge in [0.1, 0.15) is 5.75 Å². The molecule has 0 spiro atoms. The van der Waals surface area contributed by atoms with E-state index in [0.717, 1.165) is 54.6 Å². The summed E-state index contributed by atoms with van der Waals surface area (Å²) in [5.41, 5.74) is 2.89. The number of benzene rings is 1. The second-order valence-corrected chi connectivity index (χ2v) is 6.74. The maximum atomic E-state index is 5.81. The van der Waals surface area contributed by atoms with Crippen molar-refractivity contribution in [1.29, 1.82) is 0 Å². The molecule has 4 heteroatoms. The summed E-state index contributed by atoms with van der Waals surface area (Å²) in [6, 6.07) is 4.38. The molecule has 2 nitrogen and oxygen atoms in total. The molecule has 0 aromatic heterocycles. The van der Waals surface area contributed by atoms with Crippen molar-refractivity contribution in [1.82, 2.24) is 0 Å². The van der Waals surface area contributed by atoms with Crippen LogP contribution in [0, 0.1) is 5.41 Å². The van der Waals surface area contributed by atoms with Crippen LogP contribution in [0.5, 0.6) is 5.75 Å². The first-order valence-corrected chi connectivity index (χ1v) is 8.22. The van der Waals surface area contributed by atoms with Crippen molar-refractivity contribution in [2.45, 2.75) is 19.3 Å². The predicted molar refractivity (Wildman–Crippen MR) is 78.7 cm³/mol. The first-order chi connectivity index (χ1) is 8.72. The van der Waals surface area contributed by atoms with Crippen molar-refractivity contribution in [3.8, 4) is 5.75 Å². The van der Waals surface area contributed by atoms with Gasteiger partial charge in [-0.2, -0.15) is 0 Å². The van der Waals surface area contributed by atoms with E-state index in [9.17, 15) is 0 Å². The number of rotatable bonds is 3. The fourth-order valence-corrected chi connectivity index (χ4v) is 4.02. The smallest absolute Gasteiger partial charge is 0.125 e.